The van der Waals surface area contributed by atoms with E-state index in [4.69, 9.17) is 19.6 Å². The molecule has 1 saturated heterocycles. The summed E-state index contributed by atoms with van der Waals surface area (Å²) >= 11 is 0. The molecule has 4 atom stereocenters. The third-order valence-electron chi connectivity index (χ3n) is 4.94. The molecule has 1 aliphatic heterocycles. The first kappa shape index (κ1) is 14.8. The minimum atomic E-state index is -0.688. The van der Waals surface area contributed by atoms with Crippen molar-refractivity contribution in [2.24, 2.45) is 23.7 Å². The Morgan fingerprint density at radius 1 is 0.550 bits per heavy atom. The standard InChI is InChI=1S/C16H28O4/c1-11-5-12(2)8-15(7-11)17-19-16(20-18-15)9-13(3)6-14(4)10-16/h11-14H,5-10H2,1-4H3/t11-,12-,13-,14+/m1/s1. The van der Waals surface area contributed by atoms with Crippen LogP contribution < -0.4 is 0 Å². The second-order valence-corrected chi connectivity index (χ2v) is 7.86. The fraction of sp³-hybridized carbons (Fsp3) is 1.00. The van der Waals surface area contributed by atoms with Gasteiger partial charge in [-0.05, 0) is 36.5 Å². The Labute approximate surface area is 122 Å². The molecule has 0 aromatic carbocycles. The zero-order valence-corrected chi connectivity index (χ0v) is 13.2. The van der Waals surface area contributed by atoms with Gasteiger partial charge in [-0.1, -0.05) is 27.7 Å². The molecule has 0 unspecified atom stereocenters. The lowest BCUT2D eigenvalue weighted by atomic mass is 9.79. The quantitative estimate of drug-likeness (QED) is 0.625. The van der Waals surface area contributed by atoms with Crippen LogP contribution in [-0.4, -0.2) is 11.6 Å². The predicted molar refractivity (Wildman–Crippen MR) is 74.2 cm³/mol. The van der Waals surface area contributed by atoms with Gasteiger partial charge < -0.3 is 0 Å². The van der Waals surface area contributed by atoms with Gasteiger partial charge in [-0.2, -0.15) is 19.6 Å². The van der Waals surface area contributed by atoms with Crippen LogP contribution in [0.2, 0.25) is 0 Å². The van der Waals surface area contributed by atoms with E-state index in [1.165, 1.54) is 12.8 Å². The van der Waals surface area contributed by atoms with Crippen LogP contribution in [0.15, 0.2) is 0 Å². The lowest BCUT2D eigenvalue weighted by Gasteiger charge is -2.49. The molecule has 0 aromatic rings. The summed E-state index contributed by atoms with van der Waals surface area (Å²) in [6, 6.07) is 0. The van der Waals surface area contributed by atoms with Crippen molar-refractivity contribution in [3.8, 4) is 0 Å². The molecule has 3 aliphatic rings. The summed E-state index contributed by atoms with van der Waals surface area (Å²) < 4.78 is 0. The van der Waals surface area contributed by atoms with Crippen molar-refractivity contribution in [1.82, 2.24) is 0 Å². The fourth-order valence-electron chi connectivity index (χ4n) is 4.60. The summed E-state index contributed by atoms with van der Waals surface area (Å²) in [5, 5.41) is 0. The van der Waals surface area contributed by atoms with E-state index < -0.39 is 11.6 Å². The van der Waals surface area contributed by atoms with Crippen LogP contribution in [0.25, 0.3) is 0 Å². The molecule has 4 heteroatoms. The van der Waals surface area contributed by atoms with Gasteiger partial charge in [0.05, 0.1) is 0 Å². The van der Waals surface area contributed by atoms with Crippen molar-refractivity contribution < 1.29 is 19.6 Å². The normalized spacial score (nSPS) is 53.4. The monoisotopic (exact) mass is 284 g/mol. The molecule has 1 heterocycles. The van der Waals surface area contributed by atoms with Crippen molar-refractivity contribution in [1.29, 1.82) is 0 Å². The van der Waals surface area contributed by atoms with Gasteiger partial charge in [-0.25, -0.2) is 0 Å². The molecule has 2 saturated carbocycles. The molecule has 20 heavy (non-hydrogen) atoms. The second-order valence-electron chi connectivity index (χ2n) is 7.86. The third-order valence-corrected chi connectivity index (χ3v) is 4.94. The van der Waals surface area contributed by atoms with Crippen LogP contribution in [-0.2, 0) is 19.6 Å². The van der Waals surface area contributed by atoms with Crippen LogP contribution >= 0.6 is 0 Å². The molecular formula is C16H28O4. The Morgan fingerprint density at radius 2 is 0.800 bits per heavy atom. The van der Waals surface area contributed by atoms with Crippen molar-refractivity contribution in [3.63, 3.8) is 0 Å². The number of hydrogen-bond acceptors (Lipinski definition) is 4. The minimum absolute atomic E-state index is 0.573. The van der Waals surface area contributed by atoms with Gasteiger partial charge >= 0.3 is 0 Å². The van der Waals surface area contributed by atoms with Crippen LogP contribution in [0.3, 0.4) is 0 Å². The van der Waals surface area contributed by atoms with E-state index in [0.717, 1.165) is 25.7 Å². The maximum atomic E-state index is 5.79. The van der Waals surface area contributed by atoms with E-state index in [2.05, 4.69) is 27.7 Å². The molecule has 2 aliphatic carbocycles. The SMILES string of the molecule is C[C@@H]1C[C@@H](C)CC2(C1)OOC1(C[C@H](C)C[C@H](C)C1)OO2. The van der Waals surface area contributed by atoms with Crippen molar-refractivity contribution in [2.75, 3.05) is 0 Å². The minimum Gasteiger partial charge on any atom is -0.195 e. The highest BCUT2D eigenvalue weighted by atomic mass is 17.4. The van der Waals surface area contributed by atoms with E-state index in [1.807, 2.05) is 0 Å². The van der Waals surface area contributed by atoms with Gasteiger partial charge in [-0.3, -0.25) is 0 Å². The lowest BCUT2D eigenvalue weighted by molar-refractivity contribution is -0.666. The highest BCUT2D eigenvalue weighted by molar-refractivity contribution is 4.85. The molecule has 3 rings (SSSR count). The molecule has 0 bridgehead atoms. The Balaban J connectivity index is 1.66. The highest BCUT2D eigenvalue weighted by Gasteiger charge is 2.53. The van der Waals surface area contributed by atoms with Crippen molar-refractivity contribution in [3.05, 3.63) is 0 Å². The average Bonchev–Trinajstić information content (AvgIpc) is 2.31. The number of hydrogen-bond donors (Lipinski definition) is 0. The molecule has 4 nitrogen and oxygen atoms in total. The molecule has 0 radical (unpaired) electrons. The Kier molecular flexibility index (Phi) is 3.87. The zero-order chi connectivity index (χ0) is 14.4. The largest absolute Gasteiger partial charge is 0.234 e. The van der Waals surface area contributed by atoms with E-state index >= 15 is 0 Å². The van der Waals surface area contributed by atoms with Gasteiger partial charge in [0.15, 0.2) is 0 Å². The number of rotatable bonds is 0. The Hall–Kier alpha value is -0.160. The average molecular weight is 284 g/mol. The van der Waals surface area contributed by atoms with Gasteiger partial charge in [0, 0.05) is 25.7 Å². The summed E-state index contributed by atoms with van der Waals surface area (Å²) in [5.41, 5.74) is 0. The van der Waals surface area contributed by atoms with Crippen LogP contribution in [0.1, 0.15) is 66.2 Å². The summed E-state index contributed by atoms with van der Waals surface area (Å²) in [6.45, 7) is 8.94. The van der Waals surface area contributed by atoms with Crippen molar-refractivity contribution in [2.45, 2.75) is 77.8 Å². The maximum absolute atomic E-state index is 5.79. The van der Waals surface area contributed by atoms with Gasteiger partial charge in [0.25, 0.3) is 0 Å². The van der Waals surface area contributed by atoms with E-state index in [9.17, 15) is 0 Å². The molecule has 0 amide bonds. The topological polar surface area (TPSA) is 36.9 Å². The summed E-state index contributed by atoms with van der Waals surface area (Å²) in [6.07, 6.45) is 5.81. The van der Waals surface area contributed by atoms with Gasteiger partial charge in [0.1, 0.15) is 0 Å². The smallest absolute Gasteiger partial charge is 0.195 e. The predicted octanol–water partition coefficient (Wildman–Crippen LogP) is 4.20. The summed E-state index contributed by atoms with van der Waals surface area (Å²) in [4.78, 5) is 23.2. The molecular weight excluding hydrogens is 256 g/mol. The molecule has 0 N–H and O–H groups in total. The second kappa shape index (κ2) is 5.24. The molecule has 0 aromatic heterocycles. The first-order chi connectivity index (χ1) is 9.40. The first-order valence-electron chi connectivity index (χ1n) is 8.14. The fourth-order valence-corrected chi connectivity index (χ4v) is 4.60. The molecule has 3 fully saturated rings. The highest BCUT2D eigenvalue weighted by Crippen LogP contribution is 2.48. The van der Waals surface area contributed by atoms with E-state index in [0.29, 0.717) is 23.7 Å². The Morgan fingerprint density at radius 3 is 1.05 bits per heavy atom. The first-order valence-corrected chi connectivity index (χ1v) is 8.14. The van der Waals surface area contributed by atoms with Gasteiger partial charge in [0.2, 0.25) is 11.6 Å². The Bertz CT molecular complexity index is 290. The van der Waals surface area contributed by atoms with Crippen LogP contribution in [0.4, 0.5) is 0 Å². The van der Waals surface area contributed by atoms with E-state index in [1.54, 1.807) is 0 Å². The molecule has 116 valence electrons. The lowest BCUT2D eigenvalue weighted by Crippen LogP contribution is -2.55. The third kappa shape index (κ3) is 2.89. The van der Waals surface area contributed by atoms with Gasteiger partial charge in [-0.15, -0.1) is 0 Å². The van der Waals surface area contributed by atoms with Crippen LogP contribution in [0, 0.1) is 23.7 Å². The van der Waals surface area contributed by atoms with Crippen LogP contribution in [0.5, 0.6) is 0 Å². The molecule has 2 spiro atoms. The van der Waals surface area contributed by atoms with Crippen molar-refractivity contribution >= 4 is 0 Å². The van der Waals surface area contributed by atoms with E-state index in [-0.39, 0.29) is 0 Å². The summed E-state index contributed by atoms with van der Waals surface area (Å²) in [7, 11) is 0. The summed E-state index contributed by atoms with van der Waals surface area (Å²) in [5.74, 6) is 0.917. The maximum Gasteiger partial charge on any atom is 0.234 e. The zero-order valence-electron chi connectivity index (χ0n) is 13.2.